The Morgan fingerprint density at radius 1 is 0.895 bits per heavy atom. The van der Waals surface area contributed by atoms with Crippen LogP contribution in [0.2, 0.25) is 0 Å². The van der Waals surface area contributed by atoms with E-state index in [-0.39, 0.29) is 0 Å². The maximum atomic E-state index is 5.69. The van der Waals surface area contributed by atoms with E-state index in [4.69, 9.17) is 5.73 Å². The number of pyridine rings is 1. The van der Waals surface area contributed by atoms with Gasteiger partial charge in [-0.15, -0.1) is 0 Å². The SMILES string of the molecule is Nc1cccc(Nc2ccc(Br)c3ccccc23)n1. The van der Waals surface area contributed by atoms with Gasteiger partial charge in [0.05, 0.1) is 0 Å². The highest BCUT2D eigenvalue weighted by Gasteiger charge is 2.04. The van der Waals surface area contributed by atoms with Crippen molar-refractivity contribution in [2.75, 3.05) is 11.1 Å². The van der Waals surface area contributed by atoms with Crippen LogP contribution in [0.15, 0.2) is 59.1 Å². The van der Waals surface area contributed by atoms with Gasteiger partial charge in [0.25, 0.3) is 0 Å². The fraction of sp³-hybridized carbons (Fsp3) is 0. The van der Waals surface area contributed by atoms with Gasteiger partial charge in [0.2, 0.25) is 0 Å². The Morgan fingerprint density at radius 2 is 1.68 bits per heavy atom. The summed E-state index contributed by atoms with van der Waals surface area (Å²) < 4.78 is 1.08. The first-order valence-corrected chi connectivity index (χ1v) is 6.70. The smallest absolute Gasteiger partial charge is 0.132 e. The second-order valence-electron chi connectivity index (χ2n) is 4.21. The van der Waals surface area contributed by atoms with Crippen molar-refractivity contribution in [1.82, 2.24) is 4.98 Å². The van der Waals surface area contributed by atoms with Crippen LogP contribution in [-0.4, -0.2) is 4.98 Å². The molecule has 2 aromatic carbocycles. The number of nitrogen functional groups attached to an aromatic ring is 1. The zero-order valence-electron chi connectivity index (χ0n) is 10.1. The molecule has 3 rings (SSSR count). The highest BCUT2D eigenvalue weighted by molar-refractivity contribution is 9.10. The lowest BCUT2D eigenvalue weighted by Gasteiger charge is -2.10. The molecule has 0 aliphatic carbocycles. The van der Waals surface area contributed by atoms with Gasteiger partial charge >= 0.3 is 0 Å². The van der Waals surface area contributed by atoms with Crippen LogP contribution in [0.4, 0.5) is 17.3 Å². The first-order valence-electron chi connectivity index (χ1n) is 5.91. The van der Waals surface area contributed by atoms with E-state index in [0.29, 0.717) is 5.82 Å². The quantitative estimate of drug-likeness (QED) is 0.740. The maximum absolute atomic E-state index is 5.69. The summed E-state index contributed by atoms with van der Waals surface area (Å²) in [7, 11) is 0. The standard InChI is InChI=1S/C15H12BrN3/c16-12-8-9-13(11-5-2-1-4-10(11)12)18-15-7-3-6-14(17)19-15/h1-9H,(H3,17,18,19). The molecule has 19 heavy (non-hydrogen) atoms. The van der Waals surface area contributed by atoms with Gasteiger partial charge in [-0.25, -0.2) is 4.98 Å². The van der Waals surface area contributed by atoms with Crippen LogP contribution in [-0.2, 0) is 0 Å². The Labute approximate surface area is 119 Å². The van der Waals surface area contributed by atoms with Gasteiger partial charge in [0.15, 0.2) is 0 Å². The molecular formula is C15H12BrN3. The molecule has 0 radical (unpaired) electrons. The third kappa shape index (κ3) is 2.39. The van der Waals surface area contributed by atoms with E-state index in [9.17, 15) is 0 Å². The summed E-state index contributed by atoms with van der Waals surface area (Å²) in [5.74, 6) is 1.25. The van der Waals surface area contributed by atoms with E-state index < -0.39 is 0 Å². The van der Waals surface area contributed by atoms with Crippen molar-refractivity contribution in [3.05, 3.63) is 59.1 Å². The summed E-state index contributed by atoms with van der Waals surface area (Å²) in [6, 6.07) is 17.8. The lowest BCUT2D eigenvalue weighted by Crippen LogP contribution is -1.97. The Balaban J connectivity index is 2.09. The summed E-state index contributed by atoms with van der Waals surface area (Å²) in [4.78, 5) is 4.25. The van der Waals surface area contributed by atoms with Crippen molar-refractivity contribution >= 4 is 44.0 Å². The second-order valence-corrected chi connectivity index (χ2v) is 5.07. The minimum atomic E-state index is 0.506. The molecule has 0 unspecified atom stereocenters. The van der Waals surface area contributed by atoms with Crippen molar-refractivity contribution in [2.45, 2.75) is 0 Å². The van der Waals surface area contributed by atoms with Crippen molar-refractivity contribution in [2.24, 2.45) is 0 Å². The molecule has 3 N–H and O–H groups in total. The third-order valence-corrected chi connectivity index (χ3v) is 3.60. The molecule has 0 saturated carbocycles. The number of fused-ring (bicyclic) bond motifs is 1. The zero-order valence-corrected chi connectivity index (χ0v) is 11.7. The Kier molecular flexibility index (Phi) is 3.09. The van der Waals surface area contributed by atoms with Crippen molar-refractivity contribution in [1.29, 1.82) is 0 Å². The molecule has 0 bridgehead atoms. The van der Waals surface area contributed by atoms with E-state index in [0.717, 1.165) is 26.8 Å². The Hall–Kier alpha value is -2.07. The fourth-order valence-corrected chi connectivity index (χ4v) is 2.51. The predicted octanol–water partition coefficient (Wildman–Crippen LogP) is 4.32. The van der Waals surface area contributed by atoms with Crippen molar-refractivity contribution < 1.29 is 0 Å². The van der Waals surface area contributed by atoms with Crippen molar-refractivity contribution in [3.8, 4) is 0 Å². The Bertz CT molecular complexity index is 740. The lowest BCUT2D eigenvalue weighted by molar-refractivity contribution is 1.32. The minimum absolute atomic E-state index is 0.506. The number of rotatable bonds is 2. The second kappa shape index (κ2) is 4.90. The predicted molar refractivity (Wildman–Crippen MR) is 83.6 cm³/mol. The topological polar surface area (TPSA) is 50.9 Å². The third-order valence-electron chi connectivity index (χ3n) is 2.90. The number of benzene rings is 2. The van der Waals surface area contributed by atoms with Gasteiger partial charge in [-0.1, -0.05) is 46.3 Å². The summed E-state index contributed by atoms with van der Waals surface area (Å²) in [5, 5.41) is 5.61. The number of nitrogens with one attached hydrogen (secondary N) is 1. The van der Waals surface area contributed by atoms with Crippen LogP contribution >= 0.6 is 15.9 Å². The molecule has 3 aromatic rings. The van der Waals surface area contributed by atoms with Crippen LogP contribution in [0.3, 0.4) is 0 Å². The molecule has 0 aliphatic rings. The molecular weight excluding hydrogens is 302 g/mol. The van der Waals surface area contributed by atoms with Gasteiger partial charge in [0, 0.05) is 15.5 Å². The van der Waals surface area contributed by atoms with Crippen LogP contribution < -0.4 is 11.1 Å². The average Bonchev–Trinajstić information content (AvgIpc) is 2.42. The van der Waals surface area contributed by atoms with Crippen molar-refractivity contribution in [3.63, 3.8) is 0 Å². The van der Waals surface area contributed by atoms with E-state index in [1.54, 1.807) is 6.07 Å². The van der Waals surface area contributed by atoms with Crippen LogP contribution in [0, 0.1) is 0 Å². The number of halogens is 1. The number of hydrogen-bond acceptors (Lipinski definition) is 3. The normalized spacial score (nSPS) is 10.6. The van der Waals surface area contributed by atoms with Crippen LogP contribution in [0.5, 0.6) is 0 Å². The highest BCUT2D eigenvalue weighted by atomic mass is 79.9. The molecule has 0 aliphatic heterocycles. The van der Waals surface area contributed by atoms with E-state index in [1.165, 1.54) is 0 Å². The largest absolute Gasteiger partial charge is 0.384 e. The molecule has 0 atom stereocenters. The number of hydrogen-bond donors (Lipinski definition) is 2. The molecule has 94 valence electrons. The molecule has 0 amide bonds. The Morgan fingerprint density at radius 3 is 2.47 bits per heavy atom. The fourth-order valence-electron chi connectivity index (χ4n) is 2.03. The lowest BCUT2D eigenvalue weighted by atomic mass is 10.1. The first-order chi connectivity index (χ1) is 9.24. The highest BCUT2D eigenvalue weighted by Crippen LogP contribution is 2.31. The molecule has 0 spiro atoms. The first kappa shape index (κ1) is 12.0. The van der Waals surface area contributed by atoms with Gasteiger partial charge in [-0.3, -0.25) is 0 Å². The van der Waals surface area contributed by atoms with Gasteiger partial charge in [-0.05, 0) is 29.7 Å². The van der Waals surface area contributed by atoms with Gasteiger partial charge < -0.3 is 11.1 Å². The van der Waals surface area contributed by atoms with E-state index >= 15 is 0 Å². The zero-order chi connectivity index (χ0) is 13.2. The molecule has 1 heterocycles. The summed E-state index contributed by atoms with van der Waals surface area (Å²) in [6.07, 6.45) is 0. The molecule has 4 heteroatoms. The number of aromatic nitrogens is 1. The van der Waals surface area contributed by atoms with E-state index in [2.05, 4.69) is 38.4 Å². The molecule has 0 fully saturated rings. The van der Waals surface area contributed by atoms with Crippen LogP contribution in [0.25, 0.3) is 10.8 Å². The molecule has 0 saturated heterocycles. The summed E-state index contributed by atoms with van der Waals surface area (Å²) in [6.45, 7) is 0. The summed E-state index contributed by atoms with van der Waals surface area (Å²) in [5.41, 5.74) is 6.70. The number of nitrogens with two attached hydrogens (primary N) is 1. The molecule has 1 aromatic heterocycles. The average molecular weight is 314 g/mol. The molecule has 3 nitrogen and oxygen atoms in total. The van der Waals surface area contributed by atoms with Gasteiger partial charge in [0.1, 0.15) is 11.6 Å². The van der Waals surface area contributed by atoms with Gasteiger partial charge in [-0.2, -0.15) is 0 Å². The minimum Gasteiger partial charge on any atom is -0.384 e. The monoisotopic (exact) mass is 313 g/mol. The number of anilines is 3. The van der Waals surface area contributed by atoms with Crippen LogP contribution in [0.1, 0.15) is 0 Å². The number of nitrogens with zero attached hydrogens (tertiary/aromatic N) is 1. The maximum Gasteiger partial charge on any atom is 0.132 e. The summed E-state index contributed by atoms with van der Waals surface area (Å²) >= 11 is 3.56. The van der Waals surface area contributed by atoms with E-state index in [1.807, 2.05) is 36.4 Å².